The van der Waals surface area contributed by atoms with Gasteiger partial charge in [-0.2, -0.15) is 4.39 Å². The molecule has 2 saturated heterocycles. The number of nitrogens with zero attached hydrogens (tertiary/aromatic N) is 2. The Kier molecular flexibility index (Phi) is 7.02. The van der Waals surface area contributed by atoms with Crippen molar-refractivity contribution in [2.24, 2.45) is 5.92 Å². The van der Waals surface area contributed by atoms with Crippen LogP contribution in [-0.4, -0.2) is 74.5 Å². The molecule has 2 amide bonds. The van der Waals surface area contributed by atoms with Crippen molar-refractivity contribution in [2.75, 3.05) is 45.4 Å². The van der Waals surface area contributed by atoms with E-state index >= 15 is 0 Å². The van der Waals surface area contributed by atoms with Gasteiger partial charge in [0.05, 0.1) is 20.1 Å². The lowest BCUT2D eigenvalue weighted by Gasteiger charge is -2.42. The number of anilines is 1. The zero-order valence-corrected chi connectivity index (χ0v) is 18.7. The first-order valence-electron chi connectivity index (χ1n) is 10.5. The van der Waals surface area contributed by atoms with Crippen LogP contribution in [0.3, 0.4) is 0 Å². The van der Waals surface area contributed by atoms with E-state index in [0.717, 1.165) is 6.07 Å². The smallest absolute Gasteiger partial charge is 0.228 e. The molecule has 8 nitrogen and oxygen atoms in total. The van der Waals surface area contributed by atoms with Gasteiger partial charge in [0, 0.05) is 56.5 Å². The molecule has 32 heavy (non-hydrogen) atoms. The Morgan fingerprint density at radius 2 is 2.00 bits per heavy atom. The Morgan fingerprint density at radius 3 is 2.56 bits per heavy atom. The second kappa shape index (κ2) is 9.40. The van der Waals surface area contributed by atoms with Gasteiger partial charge in [-0.05, 0) is 13.3 Å². The van der Waals surface area contributed by atoms with E-state index in [1.165, 1.54) is 20.3 Å². The first kappa shape index (κ1) is 23.9. The summed E-state index contributed by atoms with van der Waals surface area (Å²) in [7, 11) is 2.72. The van der Waals surface area contributed by atoms with E-state index in [-0.39, 0.29) is 48.8 Å². The number of benzene rings is 1. The molecule has 0 bridgehead atoms. The molecule has 0 saturated carbocycles. The number of rotatable bonds is 7. The van der Waals surface area contributed by atoms with Crippen LogP contribution in [0.2, 0.25) is 0 Å². The summed E-state index contributed by atoms with van der Waals surface area (Å²) in [6.07, 6.45) is -0.0586. The molecule has 1 aromatic rings. The van der Waals surface area contributed by atoms with Crippen LogP contribution < -0.4 is 15.0 Å². The van der Waals surface area contributed by atoms with Crippen molar-refractivity contribution < 1.29 is 32.6 Å². The number of halogens is 2. The first-order valence-corrected chi connectivity index (χ1v) is 10.5. The Balaban J connectivity index is 1.68. The maximum absolute atomic E-state index is 14.0. The van der Waals surface area contributed by atoms with Crippen LogP contribution in [0.5, 0.6) is 5.75 Å². The van der Waals surface area contributed by atoms with Crippen LogP contribution in [0, 0.1) is 17.6 Å². The molecule has 0 spiro atoms. The van der Waals surface area contributed by atoms with E-state index in [0.29, 0.717) is 25.3 Å². The van der Waals surface area contributed by atoms with Crippen molar-refractivity contribution >= 4 is 23.3 Å². The Bertz CT molecular complexity index is 912. The molecule has 2 fully saturated rings. The van der Waals surface area contributed by atoms with Gasteiger partial charge >= 0.3 is 0 Å². The van der Waals surface area contributed by atoms with Crippen LogP contribution in [-0.2, 0) is 19.1 Å². The Hall–Kier alpha value is -2.75. The molecular weight excluding hydrogens is 424 g/mol. The lowest BCUT2D eigenvalue weighted by molar-refractivity contribution is -0.137. The summed E-state index contributed by atoms with van der Waals surface area (Å²) in [6, 6.07) is 2.41. The quantitative estimate of drug-likeness (QED) is 0.630. The highest BCUT2D eigenvalue weighted by Crippen LogP contribution is 2.31. The molecule has 0 unspecified atom stereocenters. The number of hydrogen-bond donors (Lipinski definition) is 1. The maximum atomic E-state index is 14.0. The van der Waals surface area contributed by atoms with Crippen molar-refractivity contribution in [1.29, 1.82) is 0 Å². The van der Waals surface area contributed by atoms with E-state index in [1.807, 2.05) is 11.8 Å². The Labute approximate surface area is 185 Å². The molecule has 0 aliphatic carbocycles. The zero-order valence-electron chi connectivity index (χ0n) is 18.7. The van der Waals surface area contributed by atoms with E-state index < -0.39 is 23.1 Å². The first-order chi connectivity index (χ1) is 15.1. The van der Waals surface area contributed by atoms with Crippen LogP contribution in [0.25, 0.3) is 0 Å². The fourth-order valence-electron chi connectivity index (χ4n) is 4.61. The fraction of sp³-hybridized carbons (Fsp3) is 0.591. The number of ether oxygens (including phenoxy) is 2. The molecule has 0 aromatic heterocycles. The van der Waals surface area contributed by atoms with Crippen molar-refractivity contribution in [3.05, 3.63) is 23.8 Å². The second-order valence-corrected chi connectivity index (χ2v) is 8.54. The summed E-state index contributed by atoms with van der Waals surface area (Å²) in [5.74, 6) is -3.50. The monoisotopic (exact) mass is 453 g/mol. The molecule has 1 N–H and O–H groups in total. The average molecular weight is 453 g/mol. The van der Waals surface area contributed by atoms with E-state index in [9.17, 15) is 23.2 Å². The minimum Gasteiger partial charge on any atom is -0.493 e. The standard InChI is InChI=1S/C22H29F2N3O5/c1-13(10-22(12-31-3)18(28)9-19(29)25-22)21(30)26-5-6-27(14(2)11-26)15-7-16(23)20(24)17(8-15)32-4/h7-8,13-14H,5-6,9-12H2,1-4H3,(H,25,29)/t13-,14-,22-/m0/s1. The number of carbonyl (C=O) groups excluding carboxylic acids is 3. The average Bonchev–Trinajstić information content (AvgIpc) is 3.01. The lowest BCUT2D eigenvalue weighted by Crippen LogP contribution is -2.57. The van der Waals surface area contributed by atoms with Crippen molar-refractivity contribution in [3.63, 3.8) is 0 Å². The second-order valence-electron chi connectivity index (χ2n) is 8.54. The van der Waals surface area contributed by atoms with Gasteiger partial charge in [0.15, 0.2) is 17.3 Å². The molecule has 10 heteroatoms. The summed E-state index contributed by atoms with van der Waals surface area (Å²) in [5.41, 5.74) is -0.706. The van der Waals surface area contributed by atoms with Gasteiger partial charge < -0.3 is 24.6 Å². The fourth-order valence-corrected chi connectivity index (χ4v) is 4.61. The number of nitrogens with one attached hydrogen (secondary N) is 1. The third-order valence-electron chi connectivity index (χ3n) is 6.17. The lowest BCUT2D eigenvalue weighted by atomic mass is 9.85. The normalized spacial score (nSPS) is 24.5. The van der Waals surface area contributed by atoms with Crippen molar-refractivity contribution in [2.45, 2.75) is 38.3 Å². The van der Waals surface area contributed by atoms with Gasteiger partial charge in [-0.25, -0.2) is 4.39 Å². The number of piperazine rings is 1. The minimum atomic E-state index is -1.18. The van der Waals surface area contributed by atoms with Gasteiger partial charge in [0.25, 0.3) is 0 Å². The third-order valence-corrected chi connectivity index (χ3v) is 6.17. The van der Waals surface area contributed by atoms with E-state index in [4.69, 9.17) is 9.47 Å². The van der Waals surface area contributed by atoms with Crippen molar-refractivity contribution in [3.8, 4) is 5.75 Å². The summed E-state index contributed by atoms with van der Waals surface area (Å²) in [6.45, 7) is 4.82. The highest BCUT2D eigenvalue weighted by atomic mass is 19.2. The molecule has 2 heterocycles. The Morgan fingerprint density at radius 1 is 1.28 bits per heavy atom. The highest BCUT2D eigenvalue weighted by molar-refractivity contribution is 6.10. The minimum absolute atomic E-state index is 0.0112. The molecular formula is C22H29F2N3O5. The summed E-state index contributed by atoms with van der Waals surface area (Å²) in [5, 5.41) is 2.69. The van der Waals surface area contributed by atoms with Crippen LogP contribution in [0.4, 0.5) is 14.5 Å². The highest BCUT2D eigenvalue weighted by Gasteiger charge is 2.48. The number of hydrogen-bond acceptors (Lipinski definition) is 6. The number of Topliss-reactive ketones (excluding diaryl/α,β-unsaturated/α-hetero) is 1. The maximum Gasteiger partial charge on any atom is 0.228 e. The predicted octanol–water partition coefficient (Wildman–Crippen LogP) is 1.51. The molecule has 1 aromatic carbocycles. The van der Waals surface area contributed by atoms with Crippen LogP contribution in [0.15, 0.2) is 12.1 Å². The molecule has 176 valence electrons. The summed E-state index contributed by atoms with van der Waals surface area (Å²) >= 11 is 0. The third kappa shape index (κ3) is 4.55. The van der Waals surface area contributed by atoms with Gasteiger partial charge in [-0.15, -0.1) is 0 Å². The van der Waals surface area contributed by atoms with Crippen molar-refractivity contribution in [1.82, 2.24) is 10.2 Å². The number of carbonyl (C=O) groups is 3. The van der Waals surface area contributed by atoms with Crippen LogP contribution in [0.1, 0.15) is 26.7 Å². The predicted molar refractivity (Wildman–Crippen MR) is 112 cm³/mol. The largest absolute Gasteiger partial charge is 0.493 e. The number of ketones is 1. The SMILES string of the molecule is COC[C@]1(C[C@H](C)C(=O)N2CCN(c3cc(F)c(F)c(OC)c3)[C@@H](C)C2)NC(=O)CC1=O. The zero-order chi connectivity index (χ0) is 23.6. The van der Waals surface area contributed by atoms with Gasteiger partial charge in [-0.3, -0.25) is 14.4 Å². The van der Waals surface area contributed by atoms with Gasteiger partial charge in [0.1, 0.15) is 5.54 Å². The summed E-state index contributed by atoms with van der Waals surface area (Å²) in [4.78, 5) is 40.9. The van der Waals surface area contributed by atoms with Gasteiger partial charge in [0.2, 0.25) is 17.6 Å². The molecule has 2 aliphatic rings. The van der Waals surface area contributed by atoms with E-state index in [2.05, 4.69) is 5.32 Å². The molecule has 3 atom stereocenters. The summed E-state index contributed by atoms with van der Waals surface area (Å²) < 4.78 is 37.8. The number of amides is 2. The van der Waals surface area contributed by atoms with E-state index in [1.54, 1.807) is 11.8 Å². The molecule has 2 aliphatic heterocycles. The van der Waals surface area contributed by atoms with Gasteiger partial charge in [-0.1, -0.05) is 6.92 Å². The topological polar surface area (TPSA) is 88.2 Å². The number of methoxy groups -OCH3 is 2. The molecule has 3 rings (SSSR count). The van der Waals surface area contributed by atoms with Crippen LogP contribution >= 0.6 is 0 Å². The molecule has 0 radical (unpaired) electrons.